The molecule has 2 rings (SSSR count). The molecule has 1 heterocycles. The van der Waals surface area contributed by atoms with Crippen molar-refractivity contribution in [3.8, 4) is 0 Å². The molecule has 2 amide bonds. The van der Waals surface area contributed by atoms with E-state index in [2.05, 4.69) is 10.6 Å². The Balaban J connectivity index is 0.00000180. The number of amides is 2. The molecule has 0 aromatic heterocycles. The van der Waals surface area contributed by atoms with Crippen molar-refractivity contribution in [1.82, 2.24) is 5.32 Å². The zero-order valence-electron chi connectivity index (χ0n) is 10.2. The first-order valence-electron chi connectivity index (χ1n) is 5.67. The number of nitrogens with two attached hydrogens (primary N) is 1. The standard InChI is InChI=1S/C12H14FN3O2.ClH/c13-12-8-3-4-15-6-7(8)1-2-9(12)16-11(18)5-10(14)17;/h1-2,15H,3-6H2,(H2,14,17)(H,16,18);1H. The largest absolute Gasteiger partial charge is 0.369 e. The summed E-state index contributed by atoms with van der Waals surface area (Å²) >= 11 is 0. The van der Waals surface area contributed by atoms with Crippen molar-refractivity contribution < 1.29 is 14.0 Å². The number of fused-ring (bicyclic) bond motifs is 1. The average molecular weight is 288 g/mol. The molecule has 0 spiro atoms. The summed E-state index contributed by atoms with van der Waals surface area (Å²) in [4.78, 5) is 21.9. The number of rotatable bonds is 3. The normalized spacial score (nSPS) is 13.1. The maximum atomic E-state index is 14.1. The Kier molecular flexibility index (Phi) is 5.26. The first-order valence-corrected chi connectivity index (χ1v) is 5.67. The summed E-state index contributed by atoms with van der Waals surface area (Å²) in [5.41, 5.74) is 6.50. The van der Waals surface area contributed by atoms with Crippen LogP contribution in [0.15, 0.2) is 12.1 Å². The van der Waals surface area contributed by atoms with Gasteiger partial charge in [-0.15, -0.1) is 12.4 Å². The number of anilines is 1. The predicted octanol–water partition coefficient (Wildman–Crippen LogP) is 0.707. The molecule has 0 atom stereocenters. The van der Waals surface area contributed by atoms with Crippen LogP contribution in [0.1, 0.15) is 17.5 Å². The van der Waals surface area contributed by atoms with Gasteiger partial charge in [-0.05, 0) is 30.2 Å². The van der Waals surface area contributed by atoms with E-state index in [0.717, 1.165) is 5.56 Å². The Hall–Kier alpha value is -1.66. The van der Waals surface area contributed by atoms with Crippen molar-refractivity contribution in [2.75, 3.05) is 11.9 Å². The molecule has 1 aliphatic rings. The van der Waals surface area contributed by atoms with Gasteiger partial charge < -0.3 is 16.4 Å². The van der Waals surface area contributed by atoms with Crippen LogP contribution < -0.4 is 16.4 Å². The molecule has 0 bridgehead atoms. The van der Waals surface area contributed by atoms with Gasteiger partial charge in [0.2, 0.25) is 11.8 Å². The first kappa shape index (κ1) is 15.4. The number of carbonyl (C=O) groups excluding carboxylic acids is 2. The van der Waals surface area contributed by atoms with Gasteiger partial charge >= 0.3 is 0 Å². The van der Waals surface area contributed by atoms with Crippen molar-refractivity contribution in [3.05, 3.63) is 29.1 Å². The van der Waals surface area contributed by atoms with Gasteiger partial charge in [-0.3, -0.25) is 9.59 Å². The minimum atomic E-state index is -0.741. The van der Waals surface area contributed by atoms with Crippen molar-refractivity contribution >= 4 is 29.9 Å². The van der Waals surface area contributed by atoms with E-state index in [4.69, 9.17) is 5.73 Å². The highest BCUT2D eigenvalue weighted by atomic mass is 35.5. The molecule has 5 nitrogen and oxygen atoms in total. The highest BCUT2D eigenvalue weighted by Gasteiger charge is 2.17. The van der Waals surface area contributed by atoms with E-state index in [9.17, 15) is 14.0 Å². The number of carbonyl (C=O) groups is 2. The first-order chi connectivity index (χ1) is 8.58. The van der Waals surface area contributed by atoms with Crippen LogP contribution >= 0.6 is 12.4 Å². The molecule has 19 heavy (non-hydrogen) atoms. The lowest BCUT2D eigenvalue weighted by atomic mass is 9.99. The third kappa shape index (κ3) is 3.65. The minimum Gasteiger partial charge on any atom is -0.369 e. The molecular formula is C12H15ClFN3O2. The SMILES string of the molecule is Cl.NC(=O)CC(=O)Nc1ccc2c(c1F)CCNC2. The maximum absolute atomic E-state index is 14.1. The van der Waals surface area contributed by atoms with E-state index in [1.54, 1.807) is 6.07 Å². The summed E-state index contributed by atoms with van der Waals surface area (Å²) < 4.78 is 14.1. The van der Waals surface area contributed by atoms with Crippen molar-refractivity contribution in [3.63, 3.8) is 0 Å². The van der Waals surface area contributed by atoms with Gasteiger partial charge in [0.15, 0.2) is 0 Å². The number of hydrogen-bond acceptors (Lipinski definition) is 3. The van der Waals surface area contributed by atoms with Crippen LogP contribution in [0.4, 0.5) is 10.1 Å². The van der Waals surface area contributed by atoms with E-state index in [-0.39, 0.29) is 18.1 Å². The van der Waals surface area contributed by atoms with Crippen LogP contribution in [-0.4, -0.2) is 18.4 Å². The summed E-state index contributed by atoms with van der Waals surface area (Å²) in [6.07, 6.45) is 0.138. The van der Waals surface area contributed by atoms with E-state index >= 15 is 0 Å². The molecular weight excluding hydrogens is 273 g/mol. The molecule has 0 saturated heterocycles. The lowest BCUT2D eigenvalue weighted by Crippen LogP contribution is -2.26. The average Bonchev–Trinajstić information content (AvgIpc) is 2.32. The van der Waals surface area contributed by atoms with Crippen LogP contribution in [0, 0.1) is 5.82 Å². The smallest absolute Gasteiger partial charge is 0.233 e. The highest BCUT2D eigenvalue weighted by Crippen LogP contribution is 2.24. The van der Waals surface area contributed by atoms with E-state index in [1.807, 2.05) is 0 Å². The second kappa shape index (κ2) is 6.49. The monoisotopic (exact) mass is 287 g/mol. The fourth-order valence-electron chi connectivity index (χ4n) is 1.98. The summed E-state index contributed by atoms with van der Waals surface area (Å²) in [6, 6.07) is 3.27. The molecule has 0 radical (unpaired) electrons. The zero-order valence-corrected chi connectivity index (χ0v) is 11.0. The van der Waals surface area contributed by atoms with Crippen LogP contribution in [-0.2, 0) is 22.6 Å². The van der Waals surface area contributed by atoms with E-state index in [1.165, 1.54) is 6.07 Å². The van der Waals surface area contributed by atoms with Crippen molar-refractivity contribution in [1.29, 1.82) is 0 Å². The molecule has 0 unspecified atom stereocenters. The summed E-state index contributed by atoms with van der Waals surface area (Å²) in [5, 5.41) is 5.50. The maximum Gasteiger partial charge on any atom is 0.233 e. The van der Waals surface area contributed by atoms with Gasteiger partial charge in [0.1, 0.15) is 12.2 Å². The van der Waals surface area contributed by atoms with Gasteiger partial charge in [0, 0.05) is 6.54 Å². The minimum absolute atomic E-state index is 0. The second-order valence-corrected chi connectivity index (χ2v) is 4.18. The molecule has 7 heteroatoms. The fourth-order valence-corrected chi connectivity index (χ4v) is 1.98. The van der Waals surface area contributed by atoms with Gasteiger partial charge in [-0.2, -0.15) is 0 Å². The number of primary amides is 1. The summed E-state index contributed by atoms with van der Waals surface area (Å²) in [5.74, 6) is -1.77. The zero-order chi connectivity index (χ0) is 13.1. The van der Waals surface area contributed by atoms with Gasteiger partial charge in [-0.1, -0.05) is 6.07 Å². The molecule has 0 saturated carbocycles. The molecule has 104 valence electrons. The third-order valence-corrected chi connectivity index (χ3v) is 2.82. The van der Waals surface area contributed by atoms with E-state index in [0.29, 0.717) is 25.1 Å². The predicted molar refractivity (Wildman–Crippen MR) is 71.5 cm³/mol. The Morgan fingerprint density at radius 2 is 2.16 bits per heavy atom. The van der Waals surface area contributed by atoms with Gasteiger partial charge in [0.25, 0.3) is 0 Å². The highest BCUT2D eigenvalue weighted by molar-refractivity contribution is 6.03. The summed E-state index contributed by atoms with van der Waals surface area (Å²) in [7, 11) is 0. The number of nitrogens with one attached hydrogen (secondary N) is 2. The molecule has 0 fully saturated rings. The fraction of sp³-hybridized carbons (Fsp3) is 0.333. The van der Waals surface area contributed by atoms with Crippen LogP contribution in [0.5, 0.6) is 0 Å². The lowest BCUT2D eigenvalue weighted by Gasteiger charge is -2.19. The summed E-state index contributed by atoms with van der Waals surface area (Å²) in [6.45, 7) is 1.34. The molecule has 1 aliphatic heterocycles. The lowest BCUT2D eigenvalue weighted by molar-refractivity contribution is -0.124. The Labute approximate surface area is 116 Å². The second-order valence-electron chi connectivity index (χ2n) is 4.18. The number of hydrogen-bond donors (Lipinski definition) is 3. The van der Waals surface area contributed by atoms with Gasteiger partial charge in [-0.25, -0.2) is 4.39 Å². The molecule has 1 aromatic rings. The van der Waals surface area contributed by atoms with Crippen molar-refractivity contribution in [2.24, 2.45) is 5.73 Å². The Morgan fingerprint density at radius 3 is 2.84 bits per heavy atom. The van der Waals surface area contributed by atoms with Crippen molar-refractivity contribution in [2.45, 2.75) is 19.4 Å². The van der Waals surface area contributed by atoms with Crippen LogP contribution in [0.2, 0.25) is 0 Å². The van der Waals surface area contributed by atoms with Crippen LogP contribution in [0.25, 0.3) is 0 Å². The Bertz CT molecular complexity index is 508. The van der Waals surface area contributed by atoms with Gasteiger partial charge in [0.05, 0.1) is 5.69 Å². The topological polar surface area (TPSA) is 84.2 Å². The third-order valence-electron chi connectivity index (χ3n) is 2.82. The molecule has 0 aliphatic carbocycles. The number of benzene rings is 1. The molecule has 4 N–H and O–H groups in total. The van der Waals surface area contributed by atoms with E-state index < -0.39 is 24.1 Å². The Morgan fingerprint density at radius 1 is 1.42 bits per heavy atom. The van der Waals surface area contributed by atoms with Crippen LogP contribution in [0.3, 0.4) is 0 Å². The number of halogens is 2. The molecule has 1 aromatic carbocycles. The quantitative estimate of drug-likeness (QED) is 0.716.